The van der Waals surface area contributed by atoms with Gasteiger partial charge in [0.25, 0.3) is 0 Å². The van der Waals surface area contributed by atoms with Gasteiger partial charge in [-0.25, -0.2) is 4.79 Å². The Hall–Kier alpha value is -1.88. The maximum atomic E-state index is 12.8. The summed E-state index contributed by atoms with van der Waals surface area (Å²) >= 11 is 0. The van der Waals surface area contributed by atoms with Gasteiger partial charge in [0, 0.05) is 13.2 Å². The van der Waals surface area contributed by atoms with Gasteiger partial charge in [-0.3, -0.25) is 4.79 Å². The van der Waals surface area contributed by atoms with Crippen LogP contribution in [0.1, 0.15) is 37.3 Å². The predicted molar refractivity (Wildman–Crippen MR) is 82.8 cm³/mol. The first kappa shape index (κ1) is 16.5. The molecule has 1 heterocycles. The van der Waals surface area contributed by atoms with Crippen molar-refractivity contribution in [3.05, 3.63) is 35.4 Å². The second kappa shape index (κ2) is 6.92. The molecule has 0 radical (unpaired) electrons. The number of aryl methyl sites for hydroxylation is 1. The maximum Gasteiger partial charge on any atom is 0.326 e. The number of benzene rings is 1. The van der Waals surface area contributed by atoms with E-state index >= 15 is 0 Å². The number of amides is 1. The fourth-order valence-corrected chi connectivity index (χ4v) is 2.87. The van der Waals surface area contributed by atoms with Crippen molar-refractivity contribution >= 4 is 11.9 Å². The molecule has 22 heavy (non-hydrogen) atoms. The second-order valence-electron chi connectivity index (χ2n) is 5.83. The van der Waals surface area contributed by atoms with Gasteiger partial charge >= 0.3 is 5.97 Å². The molecule has 0 aliphatic carbocycles. The lowest BCUT2D eigenvalue weighted by molar-refractivity contribution is -0.143. The first-order valence-corrected chi connectivity index (χ1v) is 7.68. The van der Waals surface area contributed by atoms with Gasteiger partial charge in [0.15, 0.2) is 0 Å². The quantitative estimate of drug-likeness (QED) is 0.872. The van der Waals surface area contributed by atoms with Crippen LogP contribution >= 0.6 is 0 Å². The zero-order chi connectivity index (χ0) is 16.2. The number of aliphatic carboxylic acids is 1. The van der Waals surface area contributed by atoms with Crippen LogP contribution in [0.5, 0.6) is 0 Å². The molecule has 5 heteroatoms. The lowest BCUT2D eigenvalue weighted by atomic mass is 9.73. The Bertz CT molecular complexity index is 532. The van der Waals surface area contributed by atoms with Crippen molar-refractivity contribution < 1.29 is 19.4 Å². The van der Waals surface area contributed by atoms with E-state index in [1.807, 2.05) is 31.2 Å². The monoisotopic (exact) mass is 305 g/mol. The lowest BCUT2D eigenvalue weighted by Crippen LogP contribution is -2.52. The van der Waals surface area contributed by atoms with Crippen LogP contribution in [0.2, 0.25) is 0 Å². The standard InChI is InChI=1S/C17H23NO4/c1-3-14(15(19)20)18-16(21)17(8-10-22-11-9-17)13-6-4-12(2)5-7-13/h4-7,14H,3,8-11H2,1-2H3,(H,18,21)(H,19,20). The molecule has 2 N–H and O–H groups in total. The van der Waals surface area contributed by atoms with Crippen LogP contribution in [0.3, 0.4) is 0 Å². The molecular weight excluding hydrogens is 282 g/mol. The number of hydrogen-bond acceptors (Lipinski definition) is 3. The number of carboxylic acids is 1. The predicted octanol–water partition coefficient (Wildman–Crippen LogP) is 2.02. The highest BCUT2D eigenvalue weighted by atomic mass is 16.5. The lowest BCUT2D eigenvalue weighted by Gasteiger charge is -2.37. The molecule has 1 fully saturated rings. The topological polar surface area (TPSA) is 75.6 Å². The van der Waals surface area contributed by atoms with Crippen LogP contribution in [-0.2, 0) is 19.7 Å². The van der Waals surface area contributed by atoms with Crippen LogP contribution in [0.4, 0.5) is 0 Å². The molecule has 0 spiro atoms. The zero-order valence-electron chi connectivity index (χ0n) is 13.1. The van der Waals surface area contributed by atoms with E-state index in [1.54, 1.807) is 6.92 Å². The number of carbonyl (C=O) groups is 2. The highest BCUT2D eigenvalue weighted by molar-refractivity contribution is 5.91. The molecule has 5 nitrogen and oxygen atoms in total. The Balaban J connectivity index is 2.30. The van der Waals surface area contributed by atoms with Crippen molar-refractivity contribution in [1.82, 2.24) is 5.32 Å². The molecule has 0 bridgehead atoms. The summed E-state index contributed by atoms with van der Waals surface area (Å²) in [4.78, 5) is 24.0. The third kappa shape index (κ3) is 3.30. The van der Waals surface area contributed by atoms with Crippen molar-refractivity contribution in [3.8, 4) is 0 Å². The van der Waals surface area contributed by atoms with Gasteiger partial charge in [-0.05, 0) is 31.7 Å². The molecular formula is C17H23NO4. The number of nitrogens with one attached hydrogen (secondary N) is 1. The van der Waals surface area contributed by atoms with Crippen molar-refractivity contribution in [2.24, 2.45) is 0 Å². The Morgan fingerprint density at radius 2 is 1.86 bits per heavy atom. The van der Waals surface area contributed by atoms with Gasteiger partial charge in [0.05, 0.1) is 5.41 Å². The van der Waals surface area contributed by atoms with E-state index in [0.717, 1.165) is 11.1 Å². The average Bonchev–Trinajstić information content (AvgIpc) is 2.53. The minimum atomic E-state index is -0.998. The third-order valence-electron chi connectivity index (χ3n) is 4.40. The molecule has 1 atom stereocenters. The molecule has 1 aromatic carbocycles. The largest absolute Gasteiger partial charge is 0.480 e. The maximum absolute atomic E-state index is 12.8. The molecule has 0 aromatic heterocycles. The van der Waals surface area contributed by atoms with Crippen molar-refractivity contribution in [3.63, 3.8) is 0 Å². The van der Waals surface area contributed by atoms with Gasteiger partial charge in [0.2, 0.25) is 5.91 Å². The molecule has 120 valence electrons. The molecule has 1 aromatic rings. The number of hydrogen-bond donors (Lipinski definition) is 2. The summed E-state index contributed by atoms with van der Waals surface area (Å²) in [6, 6.07) is 7.03. The third-order valence-corrected chi connectivity index (χ3v) is 4.40. The van der Waals surface area contributed by atoms with Gasteiger partial charge in [-0.1, -0.05) is 36.8 Å². The molecule has 1 amide bonds. The number of carbonyl (C=O) groups excluding carboxylic acids is 1. The summed E-state index contributed by atoms with van der Waals surface area (Å²) in [5, 5.41) is 11.9. The van der Waals surface area contributed by atoms with Crippen LogP contribution in [0.15, 0.2) is 24.3 Å². The number of rotatable bonds is 5. The molecule has 0 saturated carbocycles. The minimum absolute atomic E-state index is 0.214. The van der Waals surface area contributed by atoms with E-state index in [1.165, 1.54) is 0 Å². The first-order valence-electron chi connectivity index (χ1n) is 7.68. The Morgan fingerprint density at radius 1 is 1.27 bits per heavy atom. The average molecular weight is 305 g/mol. The first-order chi connectivity index (χ1) is 10.5. The van der Waals surface area contributed by atoms with Crippen LogP contribution in [-0.4, -0.2) is 36.2 Å². The Morgan fingerprint density at radius 3 is 2.36 bits per heavy atom. The fraction of sp³-hybridized carbons (Fsp3) is 0.529. The highest BCUT2D eigenvalue weighted by Gasteiger charge is 2.42. The Labute approximate surface area is 130 Å². The fourth-order valence-electron chi connectivity index (χ4n) is 2.87. The van der Waals surface area contributed by atoms with Crippen molar-refractivity contribution in [2.45, 2.75) is 44.6 Å². The molecule has 1 saturated heterocycles. The van der Waals surface area contributed by atoms with Gasteiger partial charge in [-0.15, -0.1) is 0 Å². The number of ether oxygens (including phenoxy) is 1. The van der Waals surface area contributed by atoms with Crippen LogP contribution in [0, 0.1) is 6.92 Å². The summed E-state index contributed by atoms with van der Waals surface area (Å²) < 4.78 is 5.40. The highest BCUT2D eigenvalue weighted by Crippen LogP contribution is 2.35. The second-order valence-corrected chi connectivity index (χ2v) is 5.83. The summed E-state index contributed by atoms with van der Waals surface area (Å²) in [7, 11) is 0. The molecule has 2 rings (SSSR count). The van der Waals surface area contributed by atoms with E-state index in [2.05, 4.69) is 5.32 Å². The van der Waals surface area contributed by atoms with Crippen LogP contribution < -0.4 is 5.32 Å². The summed E-state index contributed by atoms with van der Waals surface area (Å²) in [5.41, 5.74) is 1.36. The zero-order valence-corrected chi connectivity index (χ0v) is 13.1. The van der Waals surface area contributed by atoms with E-state index in [-0.39, 0.29) is 5.91 Å². The van der Waals surface area contributed by atoms with Gasteiger partial charge in [-0.2, -0.15) is 0 Å². The van der Waals surface area contributed by atoms with Crippen molar-refractivity contribution in [1.29, 1.82) is 0 Å². The SMILES string of the molecule is CCC(NC(=O)C1(c2ccc(C)cc2)CCOCC1)C(=O)O. The molecule has 1 aliphatic heterocycles. The van der Waals surface area contributed by atoms with E-state index in [4.69, 9.17) is 4.74 Å². The molecule has 1 aliphatic rings. The van der Waals surface area contributed by atoms with E-state index in [9.17, 15) is 14.7 Å². The number of carboxylic acid groups (broad SMARTS) is 1. The summed E-state index contributed by atoms with van der Waals surface area (Å²) in [5.74, 6) is -1.21. The van der Waals surface area contributed by atoms with Crippen LogP contribution in [0.25, 0.3) is 0 Å². The smallest absolute Gasteiger partial charge is 0.326 e. The Kier molecular flexibility index (Phi) is 5.19. The summed E-state index contributed by atoms with van der Waals surface area (Å²) in [6.45, 7) is 4.76. The van der Waals surface area contributed by atoms with E-state index in [0.29, 0.717) is 32.5 Å². The van der Waals surface area contributed by atoms with Gasteiger partial charge in [0.1, 0.15) is 6.04 Å². The van der Waals surface area contributed by atoms with Gasteiger partial charge < -0.3 is 15.2 Å². The minimum Gasteiger partial charge on any atom is -0.480 e. The van der Waals surface area contributed by atoms with E-state index < -0.39 is 17.4 Å². The summed E-state index contributed by atoms with van der Waals surface area (Å²) in [6.07, 6.45) is 1.50. The normalized spacial score (nSPS) is 18.5. The molecule has 1 unspecified atom stereocenters. The van der Waals surface area contributed by atoms with Crippen molar-refractivity contribution in [2.75, 3.05) is 13.2 Å².